The van der Waals surface area contributed by atoms with Crippen molar-refractivity contribution in [3.63, 3.8) is 0 Å². The van der Waals surface area contributed by atoms with Gasteiger partial charge in [-0.3, -0.25) is 14.8 Å². The molecule has 0 radical (unpaired) electrons. The van der Waals surface area contributed by atoms with E-state index in [1.807, 2.05) is 24.3 Å². The molecule has 0 aliphatic carbocycles. The number of pyridine rings is 2. The summed E-state index contributed by atoms with van der Waals surface area (Å²) in [4.78, 5) is 20.6. The minimum atomic E-state index is -0.191. The molecule has 0 atom stereocenters. The van der Waals surface area contributed by atoms with Crippen LogP contribution in [-0.4, -0.2) is 21.0 Å². The normalized spacial score (nSPS) is 10.5. The third-order valence-corrected chi connectivity index (χ3v) is 3.51. The van der Waals surface area contributed by atoms with Gasteiger partial charge >= 0.3 is 0 Å². The zero-order valence-corrected chi connectivity index (χ0v) is 12.9. The van der Waals surface area contributed by atoms with Crippen LogP contribution in [0.4, 0.5) is 0 Å². The molecule has 0 bridgehead atoms. The van der Waals surface area contributed by atoms with Crippen molar-refractivity contribution in [2.45, 2.75) is 20.4 Å². The first-order chi connectivity index (χ1) is 11.1. The van der Waals surface area contributed by atoms with Crippen LogP contribution in [0.25, 0.3) is 11.3 Å². The molecule has 0 unspecified atom stereocenters. The zero-order chi connectivity index (χ0) is 16.2. The molecule has 3 aromatic rings. The summed E-state index contributed by atoms with van der Waals surface area (Å²) in [5.41, 5.74) is 3.88. The van der Waals surface area contributed by atoms with Crippen LogP contribution in [0.2, 0.25) is 0 Å². The summed E-state index contributed by atoms with van der Waals surface area (Å²) >= 11 is 0. The van der Waals surface area contributed by atoms with Crippen molar-refractivity contribution in [2.24, 2.45) is 0 Å². The fourth-order valence-corrected chi connectivity index (χ4v) is 2.34. The quantitative estimate of drug-likeness (QED) is 0.801. The third kappa shape index (κ3) is 3.26. The molecular weight excluding hydrogens is 292 g/mol. The summed E-state index contributed by atoms with van der Waals surface area (Å²) in [7, 11) is 0. The van der Waals surface area contributed by atoms with E-state index in [1.54, 1.807) is 32.4 Å². The fraction of sp³-hybridized carbons (Fsp3) is 0.176. The van der Waals surface area contributed by atoms with Gasteiger partial charge in [0.2, 0.25) is 0 Å². The van der Waals surface area contributed by atoms with Crippen LogP contribution < -0.4 is 5.32 Å². The molecule has 23 heavy (non-hydrogen) atoms. The van der Waals surface area contributed by atoms with Crippen molar-refractivity contribution >= 4 is 5.91 Å². The lowest BCUT2D eigenvalue weighted by molar-refractivity contribution is 0.0949. The topological polar surface area (TPSA) is 80.9 Å². The average molecular weight is 308 g/mol. The lowest BCUT2D eigenvalue weighted by atomic mass is 10.1. The molecule has 0 aliphatic heterocycles. The molecule has 1 amide bonds. The van der Waals surface area contributed by atoms with E-state index in [4.69, 9.17) is 4.52 Å². The summed E-state index contributed by atoms with van der Waals surface area (Å²) in [6.45, 7) is 3.88. The van der Waals surface area contributed by atoms with Crippen molar-refractivity contribution in [3.8, 4) is 11.3 Å². The highest BCUT2D eigenvalue weighted by atomic mass is 16.5. The van der Waals surface area contributed by atoms with Crippen molar-refractivity contribution in [1.82, 2.24) is 20.4 Å². The van der Waals surface area contributed by atoms with Crippen LogP contribution in [0.5, 0.6) is 0 Å². The number of hydrogen-bond acceptors (Lipinski definition) is 5. The summed E-state index contributed by atoms with van der Waals surface area (Å²) in [6, 6.07) is 7.62. The summed E-state index contributed by atoms with van der Waals surface area (Å²) in [5, 5.41) is 6.68. The van der Waals surface area contributed by atoms with E-state index in [0.717, 1.165) is 16.8 Å². The Kier molecular flexibility index (Phi) is 4.14. The second kappa shape index (κ2) is 6.39. The van der Waals surface area contributed by atoms with Gasteiger partial charge in [0.25, 0.3) is 5.91 Å². The molecule has 0 aliphatic rings. The molecule has 6 heteroatoms. The molecule has 0 saturated carbocycles. The van der Waals surface area contributed by atoms with Crippen molar-refractivity contribution in [3.05, 3.63) is 65.4 Å². The Morgan fingerprint density at radius 2 is 1.96 bits per heavy atom. The molecule has 0 fully saturated rings. The summed E-state index contributed by atoms with van der Waals surface area (Å²) in [6.07, 6.45) is 5.18. The number of carbonyl (C=O) groups excluding carboxylic acids is 1. The zero-order valence-electron chi connectivity index (χ0n) is 12.9. The number of nitrogens with zero attached hydrogens (tertiary/aromatic N) is 3. The molecule has 116 valence electrons. The number of carbonyl (C=O) groups is 1. The summed E-state index contributed by atoms with van der Waals surface area (Å²) < 4.78 is 5.02. The minimum absolute atomic E-state index is 0.191. The number of rotatable bonds is 4. The lowest BCUT2D eigenvalue weighted by Crippen LogP contribution is -2.23. The molecule has 0 spiro atoms. The smallest absolute Gasteiger partial charge is 0.257 e. The molecular formula is C17H16N4O2. The van der Waals surface area contributed by atoms with Gasteiger partial charge in [-0.2, -0.15) is 0 Å². The predicted octanol–water partition coefficient (Wildman–Crippen LogP) is 2.68. The largest absolute Gasteiger partial charge is 0.361 e. The average Bonchev–Trinajstić information content (AvgIpc) is 2.92. The number of hydrogen-bond donors (Lipinski definition) is 1. The second-order valence-corrected chi connectivity index (χ2v) is 5.17. The maximum absolute atomic E-state index is 12.2. The van der Waals surface area contributed by atoms with Crippen LogP contribution >= 0.6 is 0 Å². The maximum Gasteiger partial charge on any atom is 0.257 e. The van der Waals surface area contributed by atoms with E-state index < -0.39 is 0 Å². The fourth-order valence-electron chi connectivity index (χ4n) is 2.34. The highest BCUT2D eigenvalue weighted by Crippen LogP contribution is 2.17. The first kappa shape index (κ1) is 14.9. The van der Waals surface area contributed by atoms with Crippen LogP contribution in [0.3, 0.4) is 0 Å². The highest BCUT2D eigenvalue weighted by molar-refractivity contribution is 5.96. The van der Waals surface area contributed by atoms with Gasteiger partial charge in [-0.25, -0.2) is 0 Å². The van der Waals surface area contributed by atoms with Gasteiger partial charge in [0.1, 0.15) is 11.3 Å². The Balaban J connectivity index is 1.73. The van der Waals surface area contributed by atoms with E-state index in [0.29, 0.717) is 23.6 Å². The standard InChI is InChI=1S/C17H16N4O2/c1-11-16(12(2)23-21-11)17(22)20-10-13-3-8-19-15(9-13)14-4-6-18-7-5-14/h3-9H,10H2,1-2H3,(H,20,22). The van der Waals surface area contributed by atoms with Crippen LogP contribution in [0.1, 0.15) is 27.4 Å². The predicted molar refractivity (Wildman–Crippen MR) is 84.6 cm³/mol. The van der Waals surface area contributed by atoms with Gasteiger partial charge in [-0.1, -0.05) is 5.16 Å². The SMILES string of the molecule is Cc1noc(C)c1C(=O)NCc1ccnc(-c2ccncc2)c1. The van der Waals surface area contributed by atoms with Crippen LogP contribution in [-0.2, 0) is 6.54 Å². The van der Waals surface area contributed by atoms with E-state index in [1.165, 1.54) is 0 Å². The maximum atomic E-state index is 12.2. The van der Waals surface area contributed by atoms with Gasteiger partial charge in [0.15, 0.2) is 0 Å². The van der Waals surface area contributed by atoms with Crippen molar-refractivity contribution < 1.29 is 9.32 Å². The van der Waals surface area contributed by atoms with Gasteiger partial charge < -0.3 is 9.84 Å². The van der Waals surface area contributed by atoms with Gasteiger partial charge in [-0.05, 0) is 43.7 Å². The molecule has 0 aromatic carbocycles. The van der Waals surface area contributed by atoms with Crippen molar-refractivity contribution in [1.29, 1.82) is 0 Å². The third-order valence-electron chi connectivity index (χ3n) is 3.51. The van der Waals surface area contributed by atoms with E-state index in [-0.39, 0.29) is 5.91 Å². The first-order valence-electron chi connectivity index (χ1n) is 7.21. The van der Waals surface area contributed by atoms with E-state index in [9.17, 15) is 4.79 Å². The van der Waals surface area contributed by atoms with Crippen LogP contribution in [0, 0.1) is 13.8 Å². The molecule has 3 heterocycles. The Bertz CT molecular complexity index is 808. The number of nitrogens with one attached hydrogen (secondary N) is 1. The van der Waals surface area contributed by atoms with E-state index in [2.05, 4.69) is 20.4 Å². The Labute approximate surface area is 133 Å². The Morgan fingerprint density at radius 1 is 1.17 bits per heavy atom. The molecule has 0 saturated heterocycles. The lowest BCUT2D eigenvalue weighted by Gasteiger charge is -2.07. The number of aromatic nitrogens is 3. The Morgan fingerprint density at radius 3 is 2.65 bits per heavy atom. The summed E-state index contributed by atoms with van der Waals surface area (Å²) in [5.74, 6) is 0.329. The molecule has 3 rings (SSSR count). The van der Waals surface area contributed by atoms with Gasteiger partial charge in [0.05, 0.1) is 11.4 Å². The van der Waals surface area contributed by atoms with E-state index >= 15 is 0 Å². The second-order valence-electron chi connectivity index (χ2n) is 5.17. The van der Waals surface area contributed by atoms with Gasteiger partial charge in [0, 0.05) is 30.7 Å². The monoisotopic (exact) mass is 308 g/mol. The molecule has 1 N–H and O–H groups in total. The molecule has 3 aromatic heterocycles. The van der Waals surface area contributed by atoms with Crippen molar-refractivity contribution in [2.75, 3.05) is 0 Å². The number of amides is 1. The first-order valence-corrected chi connectivity index (χ1v) is 7.21. The minimum Gasteiger partial charge on any atom is -0.361 e. The highest BCUT2D eigenvalue weighted by Gasteiger charge is 2.16. The van der Waals surface area contributed by atoms with Gasteiger partial charge in [-0.15, -0.1) is 0 Å². The van der Waals surface area contributed by atoms with Crippen LogP contribution in [0.15, 0.2) is 47.4 Å². The molecule has 6 nitrogen and oxygen atoms in total. The number of aryl methyl sites for hydroxylation is 2. The Hall–Kier alpha value is -3.02.